The van der Waals surface area contributed by atoms with Crippen LogP contribution in [0, 0.1) is 0 Å². The molecule has 5 nitrogen and oxygen atoms in total. The number of azide groups is 1. The molecule has 0 saturated carbocycles. The van der Waals surface area contributed by atoms with Gasteiger partial charge in [-0.1, -0.05) is 210 Å². The summed E-state index contributed by atoms with van der Waals surface area (Å²) in [7, 11) is -5.64. The summed E-state index contributed by atoms with van der Waals surface area (Å²) in [5.74, 6) is 0. The van der Waals surface area contributed by atoms with Crippen molar-refractivity contribution in [1.82, 2.24) is 0 Å². The van der Waals surface area contributed by atoms with Crippen molar-refractivity contribution in [3.63, 3.8) is 0 Å². The molecular weight excluding hydrogens is 715 g/mol. The Morgan fingerprint density at radius 1 is 0.648 bits per heavy atom. The van der Waals surface area contributed by atoms with E-state index in [-0.39, 0.29) is 16.2 Å². The van der Waals surface area contributed by atoms with E-state index in [0.29, 0.717) is 19.6 Å². The van der Waals surface area contributed by atoms with Crippen molar-refractivity contribution in [3.8, 4) is 0 Å². The topological polar surface area (TPSA) is 67.2 Å². The van der Waals surface area contributed by atoms with Gasteiger partial charge in [-0.15, -0.1) is 0 Å². The summed E-state index contributed by atoms with van der Waals surface area (Å²) < 4.78 is 14.8. The number of allylic oxidation sites excluding steroid dienone is 1. The fourth-order valence-corrected chi connectivity index (χ4v) is 17.5. The molecule has 8 heteroatoms. The van der Waals surface area contributed by atoms with Gasteiger partial charge < -0.3 is 8.85 Å². The van der Waals surface area contributed by atoms with E-state index in [0.717, 1.165) is 9.80 Å². The molecule has 5 aromatic carbocycles. The van der Waals surface area contributed by atoms with Crippen LogP contribution >= 0.6 is 11.8 Å². The van der Waals surface area contributed by atoms with Gasteiger partial charge >= 0.3 is 0 Å². The molecule has 5 rings (SSSR count). The SMILES string of the molecule is CC(C)(C)[Si](OC/C=C/C(=C/C(CCN=[N+]=[N-])O[Si](c1ccccc1)(c1ccccc1)C(C)(C)C)Sc1ccccc1)(c1ccccc1)c1ccccc1. The van der Waals surface area contributed by atoms with Crippen LogP contribution < -0.4 is 20.7 Å². The molecule has 0 amide bonds. The van der Waals surface area contributed by atoms with Crippen LogP contribution in [0.4, 0.5) is 0 Å². The van der Waals surface area contributed by atoms with Gasteiger partial charge in [0.25, 0.3) is 16.6 Å². The van der Waals surface area contributed by atoms with Crippen LogP contribution in [-0.4, -0.2) is 35.9 Å². The van der Waals surface area contributed by atoms with E-state index in [1.54, 1.807) is 11.8 Å². The van der Waals surface area contributed by atoms with Crippen LogP contribution in [0.3, 0.4) is 0 Å². The van der Waals surface area contributed by atoms with Crippen molar-refractivity contribution in [3.05, 3.63) is 185 Å². The number of hydrogen-bond donors (Lipinski definition) is 0. The number of benzene rings is 5. The lowest BCUT2D eigenvalue weighted by Gasteiger charge is -2.45. The van der Waals surface area contributed by atoms with Gasteiger partial charge in [0, 0.05) is 21.3 Å². The molecule has 0 N–H and O–H groups in total. The molecule has 1 unspecified atom stereocenters. The van der Waals surface area contributed by atoms with Gasteiger partial charge in [0.05, 0.1) is 12.7 Å². The number of thioether (sulfide) groups is 1. The van der Waals surface area contributed by atoms with Crippen molar-refractivity contribution in [2.75, 3.05) is 13.2 Å². The van der Waals surface area contributed by atoms with Gasteiger partial charge in [0.1, 0.15) is 0 Å². The van der Waals surface area contributed by atoms with Crippen LogP contribution in [0.1, 0.15) is 48.0 Å². The second kappa shape index (κ2) is 18.8. The average Bonchev–Trinajstić information content (AvgIpc) is 3.17. The third kappa shape index (κ3) is 9.63. The first-order valence-corrected chi connectivity index (χ1v) is 23.3. The zero-order valence-corrected chi connectivity index (χ0v) is 35.2. The van der Waals surface area contributed by atoms with Crippen molar-refractivity contribution in [2.45, 2.75) is 69.0 Å². The molecule has 0 saturated heterocycles. The largest absolute Gasteiger partial charge is 0.404 e. The van der Waals surface area contributed by atoms with E-state index in [1.807, 2.05) is 6.07 Å². The third-order valence-corrected chi connectivity index (χ3v) is 20.8. The summed E-state index contributed by atoms with van der Waals surface area (Å²) in [6.45, 7) is 14.5. The molecule has 0 aliphatic carbocycles. The van der Waals surface area contributed by atoms with Crippen LogP contribution in [0.5, 0.6) is 0 Å². The maximum atomic E-state index is 9.29. The molecule has 0 aliphatic heterocycles. The molecule has 1 atom stereocenters. The quantitative estimate of drug-likeness (QED) is 0.0251. The van der Waals surface area contributed by atoms with E-state index in [4.69, 9.17) is 8.85 Å². The molecule has 5 aromatic rings. The van der Waals surface area contributed by atoms with Crippen LogP contribution in [-0.2, 0) is 8.85 Å². The summed E-state index contributed by atoms with van der Waals surface area (Å²) in [6.07, 6.45) is 6.75. The minimum Gasteiger partial charge on any atom is -0.404 e. The summed E-state index contributed by atoms with van der Waals surface area (Å²) in [5.41, 5.74) is 9.29. The Hall–Kier alpha value is -4.41. The molecule has 0 aromatic heterocycles. The van der Waals surface area contributed by atoms with Crippen molar-refractivity contribution in [2.24, 2.45) is 5.11 Å². The Morgan fingerprint density at radius 3 is 1.46 bits per heavy atom. The monoisotopic (exact) mass is 767 g/mol. The van der Waals surface area contributed by atoms with Crippen molar-refractivity contribution in [1.29, 1.82) is 0 Å². The third-order valence-electron chi connectivity index (χ3n) is 9.75. The van der Waals surface area contributed by atoms with Crippen molar-refractivity contribution < 1.29 is 8.85 Å². The standard InChI is InChI=1S/C46H53N3O2SSi2/c1-45(2,3)53(41-26-14-8-15-27-41,42-28-16-9-17-29-42)50-36-22-25-40(52-39-23-12-7-13-24-39)37-38(34-35-48-49-47)51-54(46(4,5)6,43-30-18-10-19-31-43)44-32-20-11-21-33-44/h7-33,37-38H,34-36H2,1-6H3/b25-22+,40-37-. The first-order chi connectivity index (χ1) is 26.0. The Bertz CT molecular complexity index is 1910. The summed E-state index contributed by atoms with van der Waals surface area (Å²) >= 11 is 1.70. The Morgan fingerprint density at radius 2 is 1.06 bits per heavy atom. The molecule has 0 radical (unpaired) electrons. The summed E-state index contributed by atoms with van der Waals surface area (Å²) in [6, 6.07) is 53.3. The van der Waals surface area contributed by atoms with Crippen LogP contribution in [0.2, 0.25) is 10.1 Å². The highest BCUT2D eigenvalue weighted by Gasteiger charge is 2.52. The van der Waals surface area contributed by atoms with Gasteiger partial charge in [-0.3, -0.25) is 0 Å². The predicted octanol–water partition coefficient (Wildman–Crippen LogP) is 10.4. The molecule has 0 aliphatic rings. The van der Waals surface area contributed by atoms with Gasteiger partial charge in [0.15, 0.2) is 0 Å². The fraction of sp³-hybridized carbons (Fsp3) is 0.261. The maximum absolute atomic E-state index is 9.29. The number of rotatable bonds is 16. The zero-order chi connectivity index (χ0) is 38.5. The second-order valence-electron chi connectivity index (χ2n) is 15.4. The lowest BCUT2D eigenvalue weighted by molar-refractivity contribution is 0.225. The summed E-state index contributed by atoms with van der Waals surface area (Å²) in [5, 5.41) is 8.54. The highest BCUT2D eigenvalue weighted by atomic mass is 32.2. The normalized spacial score (nSPS) is 13.4. The van der Waals surface area contributed by atoms with Gasteiger partial charge in [0.2, 0.25) is 0 Å². The van der Waals surface area contributed by atoms with Crippen molar-refractivity contribution >= 4 is 49.1 Å². The summed E-state index contributed by atoms with van der Waals surface area (Å²) in [4.78, 5) is 5.26. The number of hydrogen-bond acceptors (Lipinski definition) is 4. The molecule has 0 fully saturated rings. The average molecular weight is 768 g/mol. The fourth-order valence-electron chi connectivity index (χ4n) is 7.35. The smallest absolute Gasteiger partial charge is 0.261 e. The zero-order valence-electron chi connectivity index (χ0n) is 32.4. The van der Waals surface area contributed by atoms with E-state index < -0.39 is 16.6 Å². The first-order valence-electron chi connectivity index (χ1n) is 18.7. The first kappa shape index (κ1) is 40.8. The molecule has 54 heavy (non-hydrogen) atoms. The molecule has 0 bridgehead atoms. The molecule has 0 spiro atoms. The van der Waals surface area contributed by atoms with Crippen LogP contribution in [0.15, 0.2) is 185 Å². The van der Waals surface area contributed by atoms with E-state index in [1.165, 1.54) is 20.7 Å². The molecular formula is C46H53N3O2SSi2. The Balaban J connectivity index is 1.58. The van der Waals surface area contributed by atoms with E-state index >= 15 is 0 Å². The van der Waals surface area contributed by atoms with Gasteiger partial charge in [-0.2, -0.15) is 0 Å². The maximum Gasteiger partial charge on any atom is 0.261 e. The van der Waals surface area contributed by atoms with E-state index in [2.05, 4.69) is 215 Å². The highest BCUT2D eigenvalue weighted by molar-refractivity contribution is 8.03. The Kier molecular flexibility index (Phi) is 14.2. The van der Waals surface area contributed by atoms with Gasteiger partial charge in [-0.05, 0) is 61.0 Å². The van der Waals surface area contributed by atoms with Gasteiger partial charge in [-0.25, -0.2) is 0 Å². The lowest BCUT2D eigenvalue weighted by Crippen LogP contribution is -2.67. The van der Waals surface area contributed by atoms with Crippen LogP contribution in [0.25, 0.3) is 10.4 Å². The predicted molar refractivity (Wildman–Crippen MR) is 234 cm³/mol. The number of nitrogens with zero attached hydrogens (tertiary/aromatic N) is 3. The minimum atomic E-state index is -2.92. The molecule has 0 heterocycles. The lowest BCUT2D eigenvalue weighted by atomic mass is 10.2. The van der Waals surface area contributed by atoms with E-state index in [9.17, 15) is 5.53 Å². The minimum absolute atomic E-state index is 0.128. The Labute approximate surface area is 329 Å². The highest BCUT2D eigenvalue weighted by Crippen LogP contribution is 2.39. The molecule has 278 valence electrons. The second-order valence-corrected chi connectivity index (χ2v) is 25.1.